The van der Waals surface area contributed by atoms with Gasteiger partial charge in [0.2, 0.25) is 0 Å². The monoisotopic (exact) mass is 180 g/mol. The third kappa shape index (κ3) is 1.98. The number of hydrogen-bond acceptors (Lipinski definition) is 3. The second-order valence-electron chi connectivity index (χ2n) is 3.66. The predicted octanol–water partition coefficient (Wildman–Crippen LogP) is 0.705. The normalized spacial score (nSPS) is 32.5. The summed E-state index contributed by atoms with van der Waals surface area (Å²) in [6.07, 6.45) is 7.74. The highest BCUT2D eigenvalue weighted by atomic mass is 16.3. The van der Waals surface area contributed by atoms with E-state index >= 15 is 0 Å². The summed E-state index contributed by atoms with van der Waals surface area (Å²) in [4.78, 5) is 4.55. The van der Waals surface area contributed by atoms with Gasteiger partial charge in [-0.25, -0.2) is 0 Å². The Balaban J connectivity index is 2.02. The molecule has 2 aliphatic heterocycles. The number of piperidine rings is 1. The van der Waals surface area contributed by atoms with Gasteiger partial charge in [-0.3, -0.25) is 10.3 Å². The number of allylic oxidation sites excluding steroid dienone is 1. The van der Waals surface area contributed by atoms with Crippen LogP contribution in [0.3, 0.4) is 0 Å². The van der Waals surface area contributed by atoms with Crippen LogP contribution >= 0.6 is 0 Å². The Hall–Kier alpha value is -0.670. The van der Waals surface area contributed by atoms with Crippen molar-refractivity contribution >= 4 is 5.71 Å². The third-order valence-corrected chi connectivity index (χ3v) is 2.68. The van der Waals surface area contributed by atoms with Crippen molar-refractivity contribution in [2.75, 3.05) is 13.2 Å². The maximum absolute atomic E-state index is 8.78. The molecule has 0 aliphatic carbocycles. The summed E-state index contributed by atoms with van der Waals surface area (Å²) in [5.74, 6) is 0.580. The molecule has 0 spiro atoms. The molecule has 3 heteroatoms. The molecule has 2 N–H and O–H groups in total. The molecular formula is C10H16N2O. The van der Waals surface area contributed by atoms with Crippen LogP contribution in [0.4, 0.5) is 0 Å². The van der Waals surface area contributed by atoms with E-state index in [-0.39, 0.29) is 12.8 Å². The van der Waals surface area contributed by atoms with E-state index in [9.17, 15) is 0 Å². The Morgan fingerprint density at radius 2 is 2.54 bits per heavy atom. The second kappa shape index (κ2) is 4.03. The molecule has 2 atom stereocenters. The van der Waals surface area contributed by atoms with Crippen molar-refractivity contribution in [1.29, 1.82) is 0 Å². The van der Waals surface area contributed by atoms with Crippen LogP contribution < -0.4 is 5.32 Å². The lowest BCUT2D eigenvalue weighted by Gasteiger charge is -2.30. The fraction of sp³-hybridized carbons (Fsp3) is 0.700. The zero-order chi connectivity index (χ0) is 9.10. The van der Waals surface area contributed by atoms with Crippen LogP contribution in [-0.2, 0) is 0 Å². The van der Waals surface area contributed by atoms with E-state index < -0.39 is 0 Å². The number of rotatable bonds is 2. The molecule has 2 heterocycles. The van der Waals surface area contributed by atoms with Gasteiger partial charge in [0.15, 0.2) is 0 Å². The van der Waals surface area contributed by atoms with Crippen molar-refractivity contribution in [3.63, 3.8) is 0 Å². The van der Waals surface area contributed by atoms with Crippen LogP contribution in [0.2, 0.25) is 0 Å². The zero-order valence-corrected chi connectivity index (χ0v) is 7.74. The van der Waals surface area contributed by atoms with E-state index in [0.717, 1.165) is 12.3 Å². The summed E-state index contributed by atoms with van der Waals surface area (Å²) in [5.41, 5.74) is 1.03. The van der Waals surface area contributed by atoms with Gasteiger partial charge in [-0.2, -0.15) is 0 Å². The molecular weight excluding hydrogens is 164 g/mol. The Labute approximate surface area is 78.6 Å². The van der Waals surface area contributed by atoms with E-state index in [0.29, 0.717) is 12.3 Å². The van der Waals surface area contributed by atoms with Gasteiger partial charge in [0, 0.05) is 24.7 Å². The topological polar surface area (TPSA) is 44.6 Å². The number of aliphatic hydroxyl groups is 1. The molecule has 0 bridgehead atoms. The summed E-state index contributed by atoms with van der Waals surface area (Å²) < 4.78 is 0. The number of fused-ring (bicyclic) bond motifs is 1. The van der Waals surface area contributed by atoms with Crippen LogP contribution in [0.1, 0.15) is 19.3 Å². The molecule has 0 aromatic heterocycles. The first kappa shape index (κ1) is 8.91. The third-order valence-electron chi connectivity index (χ3n) is 2.68. The summed E-state index contributed by atoms with van der Waals surface area (Å²) in [6.45, 7) is 1.27. The van der Waals surface area contributed by atoms with Crippen molar-refractivity contribution in [2.24, 2.45) is 10.9 Å². The van der Waals surface area contributed by atoms with Crippen LogP contribution in [0.15, 0.2) is 17.1 Å². The minimum Gasteiger partial charge on any atom is -0.396 e. The smallest absolute Gasteiger partial charge is 0.106 e. The fourth-order valence-corrected chi connectivity index (χ4v) is 1.96. The summed E-state index contributed by atoms with van der Waals surface area (Å²) in [6, 6.07) is 0. The Kier molecular flexibility index (Phi) is 2.76. The molecule has 0 aromatic rings. The summed E-state index contributed by atoms with van der Waals surface area (Å²) in [7, 11) is 0. The van der Waals surface area contributed by atoms with Crippen LogP contribution in [-0.4, -0.2) is 30.1 Å². The molecule has 72 valence electrons. The minimum absolute atomic E-state index is 0.195. The molecule has 1 saturated heterocycles. The van der Waals surface area contributed by atoms with Gasteiger partial charge in [0.05, 0.1) is 0 Å². The van der Waals surface area contributed by atoms with E-state index in [1.165, 1.54) is 12.8 Å². The summed E-state index contributed by atoms with van der Waals surface area (Å²) in [5, 5.41) is 12.2. The molecule has 3 nitrogen and oxygen atoms in total. The van der Waals surface area contributed by atoms with E-state index in [2.05, 4.69) is 22.5 Å². The Morgan fingerprint density at radius 1 is 1.62 bits per heavy atom. The van der Waals surface area contributed by atoms with Crippen molar-refractivity contribution in [3.05, 3.63) is 12.2 Å². The van der Waals surface area contributed by atoms with Crippen LogP contribution in [0.5, 0.6) is 0 Å². The lowest BCUT2D eigenvalue weighted by Crippen LogP contribution is -2.41. The molecule has 0 amide bonds. The molecule has 13 heavy (non-hydrogen) atoms. The largest absolute Gasteiger partial charge is 0.396 e. The maximum Gasteiger partial charge on any atom is 0.106 e. The van der Waals surface area contributed by atoms with Crippen LogP contribution in [0, 0.1) is 5.92 Å². The highest BCUT2D eigenvalue weighted by molar-refractivity contribution is 5.95. The molecule has 0 saturated carbocycles. The highest BCUT2D eigenvalue weighted by Crippen LogP contribution is 2.22. The first-order chi connectivity index (χ1) is 6.40. The molecule has 2 unspecified atom stereocenters. The lowest BCUT2D eigenvalue weighted by atomic mass is 9.93. The zero-order valence-electron chi connectivity index (χ0n) is 7.74. The number of aliphatic imine (C=N–C) groups is 1. The van der Waals surface area contributed by atoms with Crippen molar-refractivity contribution in [2.45, 2.75) is 25.4 Å². The average molecular weight is 180 g/mol. The fourth-order valence-electron chi connectivity index (χ4n) is 1.96. The predicted molar refractivity (Wildman–Crippen MR) is 52.8 cm³/mol. The number of nitrogens with zero attached hydrogens (tertiary/aromatic N) is 1. The Bertz CT molecular complexity index is 235. The van der Waals surface area contributed by atoms with Gasteiger partial charge >= 0.3 is 0 Å². The van der Waals surface area contributed by atoms with Gasteiger partial charge in [-0.05, 0) is 25.5 Å². The first-order valence-corrected chi connectivity index (χ1v) is 4.99. The molecule has 1 fully saturated rings. The van der Waals surface area contributed by atoms with Gasteiger partial charge in [-0.1, -0.05) is 6.08 Å². The lowest BCUT2D eigenvalue weighted by molar-refractivity contribution is 0.304. The average Bonchev–Trinajstić information content (AvgIpc) is 2.18. The number of hydrogen-bond donors (Lipinski definition) is 2. The maximum atomic E-state index is 8.78. The molecule has 2 rings (SSSR count). The van der Waals surface area contributed by atoms with E-state index in [4.69, 9.17) is 5.11 Å². The first-order valence-electron chi connectivity index (χ1n) is 4.99. The van der Waals surface area contributed by atoms with E-state index in [1.54, 1.807) is 0 Å². The number of dihydropyridines is 1. The SMILES string of the molecule is OCCC1=NC2NCCCC2C=C1. The molecule has 0 aromatic carbocycles. The second-order valence-corrected chi connectivity index (χ2v) is 3.66. The van der Waals surface area contributed by atoms with Crippen LogP contribution in [0.25, 0.3) is 0 Å². The molecule has 0 radical (unpaired) electrons. The van der Waals surface area contributed by atoms with E-state index in [1.807, 2.05) is 0 Å². The summed E-state index contributed by atoms with van der Waals surface area (Å²) >= 11 is 0. The highest BCUT2D eigenvalue weighted by Gasteiger charge is 2.24. The van der Waals surface area contributed by atoms with Gasteiger partial charge in [0.25, 0.3) is 0 Å². The van der Waals surface area contributed by atoms with Crippen molar-refractivity contribution in [3.8, 4) is 0 Å². The number of aliphatic hydroxyl groups excluding tert-OH is 1. The van der Waals surface area contributed by atoms with Crippen molar-refractivity contribution < 1.29 is 5.11 Å². The quantitative estimate of drug-likeness (QED) is 0.657. The standard InChI is InChI=1S/C10H16N2O/c13-7-5-9-4-3-8-2-1-6-11-10(8)12-9/h3-4,8,10-11,13H,1-2,5-7H2. The Morgan fingerprint density at radius 3 is 3.38 bits per heavy atom. The van der Waals surface area contributed by atoms with Gasteiger partial charge in [-0.15, -0.1) is 0 Å². The molecule has 2 aliphatic rings. The minimum atomic E-state index is 0.195. The van der Waals surface area contributed by atoms with Gasteiger partial charge < -0.3 is 5.11 Å². The van der Waals surface area contributed by atoms with Gasteiger partial charge in [0.1, 0.15) is 6.17 Å². The number of nitrogens with one attached hydrogen (secondary N) is 1. The van der Waals surface area contributed by atoms with Crippen molar-refractivity contribution in [1.82, 2.24) is 5.32 Å².